The van der Waals surface area contributed by atoms with Crippen molar-refractivity contribution < 1.29 is 80.2 Å². The summed E-state index contributed by atoms with van der Waals surface area (Å²) in [5, 5.41) is 10.6. The number of phosphoric acid groups is 2. The summed E-state index contributed by atoms with van der Waals surface area (Å²) in [5.74, 6) is 0.979. The molecule has 0 aromatic rings. The Bertz CT molecular complexity index is 1840. The van der Waals surface area contributed by atoms with Crippen LogP contribution in [-0.2, 0) is 65.4 Å². The molecular formula is C74H144O17P2. The summed E-state index contributed by atoms with van der Waals surface area (Å²) in [6.45, 7) is 14.2. The first kappa shape index (κ1) is 91.1. The highest BCUT2D eigenvalue weighted by molar-refractivity contribution is 7.47. The molecule has 5 unspecified atom stereocenters. The van der Waals surface area contributed by atoms with Crippen molar-refractivity contribution in [1.29, 1.82) is 0 Å². The first-order valence-corrected chi connectivity index (χ1v) is 41.3. The molecule has 0 spiro atoms. The molecule has 0 fully saturated rings. The van der Waals surface area contributed by atoms with Gasteiger partial charge in [-0.1, -0.05) is 319 Å². The van der Waals surface area contributed by atoms with E-state index in [0.29, 0.717) is 25.7 Å². The predicted octanol–water partition coefficient (Wildman–Crippen LogP) is 21.3. The van der Waals surface area contributed by atoms with Crippen LogP contribution in [0.4, 0.5) is 0 Å². The van der Waals surface area contributed by atoms with E-state index in [4.69, 9.17) is 37.0 Å². The summed E-state index contributed by atoms with van der Waals surface area (Å²) in [6.07, 6.45) is 47.1. The van der Waals surface area contributed by atoms with Gasteiger partial charge < -0.3 is 33.8 Å². The minimum atomic E-state index is -4.96. The monoisotopic (exact) mass is 1370 g/mol. The normalized spacial score (nSPS) is 15.1. The molecule has 0 saturated carbocycles. The number of hydrogen-bond acceptors (Lipinski definition) is 15. The quantitative estimate of drug-likeness (QED) is 0.0222. The van der Waals surface area contributed by atoms with Gasteiger partial charge in [-0.3, -0.25) is 37.3 Å². The van der Waals surface area contributed by atoms with E-state index in [1.807, 2.05) is 0 Å². The second-order valence-corrected chi connectivity index (χ2v) is 30.8. The molecule has 0 aliphatic carbocycles. The van der Waals surface area contributed by atoms with E-state index in [1.54, 1.807) is 0 Å². The van der Waals surface area contributed by atoms with Crippen molar-refractivity contribution in [2.24, 2.45) is 23.7 Å². The number of rotatable bonds is 71. The van der Waals surface area contributed by atoms with Crippen LogP contribution in [0.3, 0.4) is 0 Å². The maximum Gasteiger partial charge on any atom is 0.472 e. The Kier molecular flexibility index (Phi) is 62.2. The van der Waals surface area contributed by atoms with Gasteiger partial charge in [0.05, 0.1) is 26.4 Å². The van der Waals surface area contributed by atoms with Crippen LogP contribution in [0.2, 0.25) is 0 Å². The van der Waals surface area contributed by atoms with Crippen molar-refractivity contribution in [2.75, 3.05) is 39.6 Å². The fourth-order valence-corrected chi connectivity index (χ4v) is 12.7. The van der Waals surface area contributed by atoms with Gasteiger partial charge in [0.15, 0.2) is 12.2 Å². The Labute approximate surface area is 568 Å². The molecule has 0 aromatic heterocycles. The zero-order valence-electron chi connectivity index (χ0n) is 60.9. The third-order valence-electron chi connectivity index (χ3n) is 18.2. The zero-order chi connectivity index (χ0) is 68.9. The number of unbranched alkanes of at least 4 members (excludes halogenated alkanes) is 34. The van der Waals surface area contributed by atoms with Crippen LogP contribution in [0.15, 0.2) is 0 Å². The van der Waals surface area contributed by atoms with E-state index in [1.165, 1.54) is 167 Å². The molecule has 552 valence electrons. The van der Waals surface area contributed by atoms with Crippen LogP contribution in [0.1, 0.15) is 370 Å². The van der Waals surface area contributed by atoms with Crippen molar-refractivity contribution in [2.45, 2.75) is 388 Å². The van der Waals surface area contributed by atoms with Crippen LogP contribution < -0.4 is 0 Å². The number of esters is 4. The van der Waals surface area contributed by atoms with Crippen LogP contribution in [0, 0.1) is 23.7 Å². The van der Waals surface area contributed by atoms with Gasteiger partial charge >= 0.3 is 39.5 Å². The third-order valence-corrected chi connectivity index (χ3v) is 20.1. The molecule has 0 aromatic carbocycles. The van der Waals surface area contributed by atoms with E-state index < -0.39 is 97.5 Å². The Morgan fingerprint density at radius 3 is 0.763 bits per heavy atom. The summed E-state index contributed by atoms with van der Waals surface area (Å²) in [7, 11) is -9.91. The Balaban J connectivity index is 5.26. The molecule has 0 amide bonds. The van der Waals surface area contributed by atoms with E-state index in [-0.39, 0.29) is 25.7 Å². The zero-order valence-corrected chi connectivity index (χ0v) is 62.7. The molecule has 93 heavy (non-hydrogen) atoms. The van der Waals surface area contributed by atoms with Crippen molar-refractivity contribution in [3.05, 3.63) is 0 Å². The van der Waals surface area contributed by atoms with Gasteiger partial charge in [0, 0.05) is 25.7 Å². The van der Waals surface area contributed by atoms with Crippen molar-refractivity contribution in [3.8, 4) is 0 Å². The Hall–Kier alpha value is -1.94. The second kappa shape index (κ2) is 63.5. The molecule has 17 nitrogen and oxygen atoms in total. The van der Waals surface area contributed by atoms with Gasteiger partial charge in [-0.2, -0.15) is 0 Å². The van der Waals surface area contributed by atoms with Crippen molar-refractivity contribution >= 4 is 39.5 Å². The molecule has 0 bridgehead atoms. The van der Waals surface area contributed by atoms with Crippen LogP contribution in [0.5, 0.6) is 0 Å². The highest BCUT2D eigenvalue weighted by Gasteiger charge is 2.30. The van der Waals surface area contributed by atoms with Crippen molar-refractivity contribution in [3.63, 3.8) is 0 Å². The molecule has 0 aliphatic rings. The lowest BCUT2D eigenvalue weighted by Gasteiger charge is -2.21. The Morgan fingerprint density at radius 2 is 0.516 bits per heavy atom. The lowest BCUT2D eigenvalue weighted by molar-refractivity contribution is -0.161. The molecular weight excluding hydrogens is 1220 g/mol. The minimum Gasteiger partial charge on any atom is -0.462 e. The summed E-state index contributed by atoms with van der Waals surface area (Å²) >= 11 is 0. The highest BCUT2D eigenvalue weighted by Crippen LogP contribution is 2.45. The third kappa shape index (κ3) is 64.5. The van der Waals surface area contributed by atoms with Gasteiger partial charge in [0.2, 0.25) is 0 Å². The lowest BCUT2D eigenvalue weighted by Crippen LogP contribution is -2.30. The van der Waals surface area contributed by atoms with Crippen LogP contribution >= 0.6 is 15.6 Å². The molecule has 19 heteroatoms. The van der Waals surface area contributed by atoms with Crippen LogP contribution in [0.25, 0.3) is 0 Å². The fraction of sp³-hybridized carbons (Fsp3) is 0.946. The number of aliphatic hydroxyl groups is 1. The Morgan fingerprint density at radius 1 is 0.301 bits per heavy atom. The smallest absolute Gasteiger partial charge is 0.462 e. The minimum absolute atomic E-state index is 0.104. The number of aliphatic hydroxyl groups excluding tert-OH is 1. The average molecular weight is 1370 g/mol. The predicted molar refractivity (Wildman–Crippen MR) is 377 cm³/mol. The van der Waals surface area contributed by atoms with Gasteiger partial charge in [0.25, 0.3) is 0 Å². The maximum absolute atomic E-state index is 13.1. The number of hydrogen-bond donors (Lipinski definition) is 3. The van der Waals surface area contributed by atoms with Gasteiger partial charge in [-0.15, -0.1) is 0 Å². The fourth-order valence-electron chi connectivity index (χ4n) is 11.1. The number of carbonyl (C=O) groups is 4. The number of ether oxygens (including phenoxy) is 4. The molecule has 8 atom stereocenters. The second-order valence-electron chi connectivity index (χ2n) is 27.9. The summed E-state index contributed by atoms with van der Waals surface area (Å²) in [5.41, 5.74) is 0. The van der Waals surface area contributed by atoms with Gasteiger partial charge in [-0.25, -0.2) is 9.13 Å². The molecule has 3 N–H and O–H groups in total. The summed E-state index contributed by atoms with van der Waals surface area (Å²) < 4.78 is 68.4. The lowest BCUT2D eigenvalue weighted by atomic mass is 9.99. The topological polar surface area (TPSA) is 237 Å². The van der Waals surface area contributed by atoms with Gasteiger partial charge in [0.1, 0.15) is 19.3 Å². The van der Waals surface area contributed by atoms with E-state index >= 15 is 0 Å². The first-order chi connectivity index (χ1) is 44.7. The maximum atomic E-state index is 13.1. The van der Waals surface area contributed by atoms with E-state index in [9.17, 15) is 43.2 Å². The molecule has 0 radical (unpaired) electrons. The first-order valence-electron chi connectivity index (χ1n) is 38.3. The SMILES string of the molecule is CCC(C)CCCCCCCCCCCCCCCCC(=O)O[C@H](COC(=O)CCCCCCCCCCCCC(C)C)COP(=O)(O)OC[C@@H](O)COP(=O)(O)OC[C@@H](COC(=O)CCCCCCCCC(C)CC)OC(=O)CCCCCCCCCCC(C)CC. The summed E-state index contributed by atoms with van der Waals surface area (Å²) in [4.78, 5) is 72.7. The van der Waals surface area contributed by atoms with E-state index in [2.05, 4.69) is 55.4 Å². The highest BCUT2D eigenvalue weighted by atomic mass is 31.2. The van der Waals surface area contributed by atoms with E-state index in [0.717, 1.165) is 120 Å². The molecule has 0 saturated heterocycles. The standard InChI is InChI=1S/C74H144O17P2/c1-9-65(6)51-43-35-27-21-16-14-12-13-15-17-23-30-40-48-56-73(78)90-69(60-84-71(76)54-46-38-29-22-19-18-20-26-34-42-50-64(4)5)62-88-92(80,81)86-58-68(75)59-87-93(82,83)89-63-70(61-85-72(77)55-47-39-33-32-37-45-53-67(8)11-3)91-74(79)57-49-41-31-25-24-28-36-44-52-66(7)10-2/h64-70,75H,9-63H2,1-8H3,(H,80,81)(H,82,83)/t65?,66?,67?,68-,69-,70-/m1/s1. The number of carbonyl (C=O) groups excluding carboxylic acids is 4. The largest absolute Gasteiger partial charge is 0.472 e. The number of phosphoric ester groups is 2. The van der Waals surface area contributed by atoms with Crippen LogP contribution in [-0.4, -0.2) is 96.7 Å². The summed E-state index contributed by atoms with van der Waals surface area (Å²) in [6, 6.07) is 0. The average Bonchev–Trinajstić information content (AvgIpc) is 2.94. The van der Waals surface area contributed by atoms with Gasteiger partial charge in [-0.05, 0) is 49.4 Å². The van der Waals surface area contributed by atoms with Crippen molar-refractivity contribution in [1.82, 2.24) is 0 Å². The molecule has 0 heterocycles. The molecule has 0 aliphatic heterocycles. The molecule has 0 rings (SSSR count).